The number of amides is 2. The van der Waals surface area contributed by atoms with Crippen molar-refractivity contribution in [2.45, 2.75) is 52.2 Å². The van der Waals surface area contributed by atoms with Crippen LogP contribution in [0.5, 0.6) is 0 Å². The Bertz CT molecular complexity index is 676. The van der Waals surface area contributed by atoms with E-state index in [0.29, 0.717) is 32.5 Å². The van der Waals surface area contributed by atoms with Crippen molar-refractivity contribution in [1.82, 2.24) is 10.2 Å². The van der Waals surface area contributed by atoms with Crippen molar-refractivity contribution in [3.8, 4) is 0 Å². The minimum absolute atomic E-state index is 0.0563. The molecule has 0 saturated carbocycles. The normalized spacial score (nSPS) is 16.3. The largest absolute Gasteiger partial charge is 0.481 e. The molecule has 1 aromatic rings. The molecule has 1 aliphatic rings. The molecule has 1 unspecified atom stereocenters. The van der Waals surface area contributed by atoms with Gasteiger partial charge in [0, 0.05) is 26.1 Å². The number of carboxylic acid groups (broad SMARTS) is 1. The SMILES string of the molecule is CC(C)(C)OC(=O)N1CCC(C(CC(=O)NCc2ccccc2)C(=O)O)CC1. The van der Waals surface area contributed by atoms with E-state index in [1.54, 1.807) is 4.90 Å². The lowest BCUT2D eigenvalue weighted by atomic mass is 9.82. The number of carbonyl (C=O) groups is 3. The predicted molar refractivity (Wildman–Crippen MR) is 105 cm³/mol. The van der Waals surface area contributed by atoms with Crippen LogP contribution in [-0.2, 0) is 20.9 Å². The van der Waals surface area contributed by atoms with Gasteiger partial charge in [0.2, 0.25) is 5.91 Å². The Morgan fingerprint density at radius 1 is 1.18 bits per heavy atom. The maximum absolute atomic E-state index is 12.2. The average Bonchev–Trinajstić information content (AvgIpc) is 2.64. The molecule has 2 N–H and O–H groups in total. The van der Waals surface area contributed by atoms with Crippen molar-refractivity contribution in [2.75, 3.05) is 13.1 Å². The monoisotopic (exact) mass is 390 g/mol. The van der Waals surface area contributed by atoms with Gasteiger partial charge in [0.15, 0.2) is 0 Å². The van der Waals surface area contributed by atoms with Crippen molar-refractivity contribution < 1.29 is 24.2 Å². The second kappa shape index (κ2) is 9.57. The Labute approximate surface area is 166 Å². The molecule has 1 fully saturated rings. The first-order valence-electron chi connectivity index (χ1n) is 9.67. The molecule has 2 rings (SSSR count). The zero-order valence-electron chi connectivity index (χ0n) is 16.8. The van der Waals surface area contributed by atoms with Gasteiger partial charge in [-0.15, -0.1) is 0 Å². The van der Waals surface area contributed by atoms with Gasteiger partial charge in [-0.1, -0.05) is 30.3 Å². The molecule has 7 nitrogen and oxygen atoms in total. The summed E-state index contributed by atoms with van der Waals surface area (Å²) in [4.78, 5) is 37.7. The fourth-order valence-electron chi connectivity index (χ4n) is 3.33. The lowest BCUT2D eigenvalue weighted by molar-refractivity contribution is -0.146. The highest BCUT2D eigenvalue weighted by Gasteiger charge is 2.35. The van der Waals surface area contributed by atoms with Gasteiger partial charge in [0.25, 0.3) is 0 Å². The summed E-state index contributed by atoms with van der Waals surface area (Å²) >= 11 is 0. The van der Waals surface area contributed by atoms with Gasteiger partial charge in [-0.05, 0) is 45.1 Å². The Morgan fingerprint density at radius 3 is 2.32 bits per heavy atom. The number of rotatable bonds is 6. The van der Waals surface area contributed by atoms with Crippen LogP contribution in [0, 0.1) is 11.8 Å². The molecule has 1 aliphatic heterocycles. The first kappa shape index (κ1) is 21.7. The summed E-state index contributed by atoms with van der Waals surface area (Å²) in [5.41, 5.74) is 0.405. The van der Waals surface area contributed by atoms with E-state index in [4.69, 9.17) is 4.74 Å². The van der Waals surface area contributed by atoms with Crippen molar-refractivity contribution in [2.24, 2.45) is 11.8 Å². The minimum Gasteiger partial charge on any atom is -0.481 e. The van der Waals surface area contributed by atoms with Gasteiger partial charge >= 0.3 is 12.1 Å². The van der Waals surface area contributed by atoms with Gasteiger partial charge in [-0.2, -0.15) is 0 Å². The van der Waals surface area contributed by atoms with Crippen molar-refractivity contribution in [3.63, 3.8) is 0 Å². The van der Waals surface area contributed by atoms with E-state index in [-0.39, 0.29) is 24.3 Å². The number of carboxylic acids is 1. The molecule has 1 heterocycles. The van der Waals surface area contributed by atoms with Crippen LogP contribution < -0.4 is 5.32 Å². The highest BCUT2D eigenvalue weighted by atomic mass is 16.6. The lowest BCUT2D eigenvalue weighted by Gasteiger charge is -2.35. The van der Waals surface area contributed by atoms with Crippen molar-refractivity contribution >= 4 is 18.0 Å². The maximum atomic E-state index is 12.2. The molecule has 28 heavy (non-hydrogen) atoms. The molecule has 7 heteroatoms. The summed E-state index contributed by atoms with van der Waals surface area (Å²) in [5, 5.41) is 12.4. The van der Waals surface area contributed by atoms with Crippen LogP contribution >= 0.6 is 0 Å². The number of nitrogens with one attached hydrogen (secondary N) is 1. The summed E-state index contributed by atoms with van der Waals surface area (Å²) in [5.74, 6) is -2.13. The summed E-state index contributed by atoms with van der Waals surface area (Å²) in [6, 6.07) is 9.48. The van der Waals surface area contributed by atoms with Crippen LogP contribution in [0.15, 0.2) is 30.3 Å². The fraction of sp³-hybridized carbons (Fsp3) is 0.571. The summed E-state index contributed by atoms with van der Waals surface area (Å²) in [6.07, 6.45) is 0.655. The van der Waals surface area contributed by atoms with E-state index in [1.165, 1.54) is 0 Å². The molecule has 1 aromatic carbocycles. The third-order valence-electron chi connectivity index (χ3n) is 4.82. The fourth-order valence-corrected chi connectivity index (χ4v) is 3.33. The second-order valence-corrected chi connectivity index (χ2v) is 8.22. The number of aliphatic carboxylic acids is 1. The Morgan fingerprint density at radius 2 is 1.79 bits per heavy atom. The molecule has 0 aromatic heterocycles. The van der Waals surface area contributed by atoms with E-state index < -0.39 is 17.5 Å². The number of likely N-dealkylation sites (tertiary alicyclic amines) is 1. The van der Waals surface area contributed by atoms with Gasteiger partial charge in [0.05, 0.1) is 5.92 Å². The molecule has 0 spiro atoms. The Balaban J connectivity index is 1.84. The molecule has 0 radical (unpaired) electrons. The first-order chi connectivity index (χ1) is 13.2. The number of hydrogen-bond donors (Lipinski definition) is 2. The predicted octanol–water partition coefficient (Wildman–Crippen LogP) is 3.04. The van der Waals surface area contributed by atoms with Crippen LogP contribution in [0.2, 0.25) is 0 Å². The minimum atomic E-state index is -0.967. The van der Waals surface area contributed by atoms with Crippen LogP contribution in [0.1, 0.15) is 45.6 Å². The molecular formula is C21H30N2O5. The van der Waals surface area contributed by atoms with Gasteiger partial charge < -0.3 is 20.1 Å². The zero-order valence-corrected chi connectivity index (χ0v) is 16.8. The van der Waals surface area contributed by atoms with Crippen molar-refractivity contribution in [3.05, 3.63) is 35.9 Å². The Hall–Kier alpha value is -2.57. The van der Waals surface area contributed by atoms with E-state index in [1.807, 2.05) is 51.1 Å². The van der Waals surface area contributed by atoms with Crippen molar-refractivity contribution in [1.29, 1.82) is 0 Å². The first-order valence-corrected chi connectivity index (χ1v) is 9.67. The van der Waals surface area contributed by atoms with E-state index in [2.05, 4.69) is 5.32 Å². The van der Waals surface area contributed by atoms with Crippen LogP contribution in [-0.4, -0.2) is 46.7 Å². The molecule has 0 aliphatic carbocycles. The second-order valence-electron chi connectivity index (χ2n) is 8.22. The van der Waals surface area contributed by atoms with Gasteiger partial charge in [0.1, 0.15) is 5.60 Å². The molecule has 1 saturated heterocycles. The van der Waals surface area contributed by atoms with E-state index in [0.717, 1.165) is 5.56 Å². The standard InChI is InChI=1S/C21H30N2O5/c1-21(2,3)28-20(27)23-11-9-16(10-12-23)17(19(25)26)13-18(24)22-14-15-7-5-4-6-8-15/h4-8,16-17H,9-14H2,1-3H3,(H,22,24)(H,25,26). The summed E-state index contributed by atoms with van der Waals surface area (Å²) in [7, 11) is 0. The van der Waals surface area contributed by atoms with Gasteiger partial charge in [-0.3, -0.25) is 9.59 Å². The topological polar surface area (TPSA) is 95.9 Å². The molecule has 154 valence electrons. The van der Waals surface area contributed by atoms with Crippen LogP contribution in [0.25, 0.3) is 0 Å². The summed E-state index contributed by atoms with van der Waals surface area (Å²) in [6.45, 7) is 6.69. The number of benzene rings is 1. The highest BCUT2D eigenvalue weighted by molar-refractivity contribution is 5.82. The number of piperidine rings is 1. The number of ether oxygens (including phenoxy) is 1. The van der Waals surface area contributed by atoms with Gasteiger partial charge in [-0.25, -0.2) is 4.79 Å². The van der Waals surface area contributed by atoms with Crippen LogP contribution in [0.3, 0.4) is 0 Å². The maximum Gasteiger partial charge on any atom is 0.410 e. The lowest BCUT2D eigenvalue weighted by Crippen LogP contribution is -2.44. The molecular weight excluding hydrogens is 360 g/mol. The smallest absolute Gasteiger partial charge is 0.410 e. The quantitative estimate of drug-likeness (QED) is 0.778. The zero-order chi connectivity index (χ0) is 20.7. The molecule has 1 atom stereocenters. The number of hydrogen-bond acceptors (Lipinski definition) is 4. The van der Waals surface area contributed by atoms with E-state index in [9.17, 15) is 19.5 Å². The highest BCUT2D eigenvalue weighted by Crippen LogP contribution is 2.28. The molecule has 2 amide bonds. The summed E-state index contributed by atoms with van der Waals surface area (Å²) < 4.78 is 5.37. The Kier molecular flexibility index (Phi) is 7.43. The third-order valence-corrected chi connectivity index (χ3v) is 4.82. The molecule has 0 bridgehead atoms. The third kappa shape index (κ3) is 6.87. The van der Waals surface area contributed by atoms with E-state index >= 15 is 0 Å². The van der Waals surface area contributed by atoms with Crippen LogP contribution in [0.4, 0.5) is 4.79 Å². The number of carbonyl (C=O) groups excluding carboxylic acids is 2. The average molecular weight is 390 g/mol. The number of nitrogens with zero attached hydrogens (tertiary/aromatic N) is 1.